The zero-order chi connectivity index (χ0) is 17.2. The summed E-state index contributed by atoms with van der Waals surface area (Å²) in [6.07, 6.45) is 4.35. The van der Waals surface area contributed by atoms with Crippen molar-refractivity contribution in [2.75, 3.05) is 6.54 Å². The van der Waals surface area contributed by atoms with Crippen LogP contribution in [0.4, 0.5) is 0 Å². The number of amides is 1. The lowest BCUT2D eigenvalue weighted by molar-refractivity contribution is -0.121. The Morgan fingerprint density at radius 2 is 2.08 bits per heavy atom. The van der Waals surface area contributed by atoms with E-state index < -0.39 is 6.10 Å². The summed E-state index contributed by atoms with van der Waals surface area (Å²) in [4.78, 5) is 12.1. The van der Waals surface area contributed by atoms with Crippen molar-refractivity contribution < 1.29 is 9.90 Å². The van der Waals surface area contributed by atoms with Crippen LogP contribution < -0.4 is 5.32 Å². The average Bonchev–Trinajstić information content (AvgIpc) is 3.34. The Bertz CT molecular complexity index is 705. The number of rotatable bonds is 7. The highest BCUT2D eigenvalue weighted by atomic mass is 16.3. The summed E-state index contributed by atoms with van der Waals surface area (Å²) in [7, 11) is 1.90. The lowest BCUT2D eigenvalue weighted by atomic mass is 9.92. The lowest BCUT2D eigenvalue weighted by Gasteiger charge is -2.23. The fourth-order valence-corrected chi connectivity index (χ4v) is 3.10. The first-order valence-corrected chi connectivity index (χ1v) is 8.49. The smallest absolute Gasteiger partial charge is 0.220 e. The second kappa shape index (κ2) is 6.77. The summed E-state index contributed by atoms with van der Waals surface area (Å²) < 4.78 is 1.82. The van der Waals surface area contributed by atoms with E-state index >= 15 is 0 Å². The number of aliphatic hydroxyl groups excluding tert-OH is 1. The van der Waals surface area contributed by atoms with Gasteiger partial charge in [-0.25, -0.2) is 0 Å². The fourth-order valence-electron chi connectivity index (χ4n) is 3.10. The molecule has 2 aromatic rings. The SMILES string of the molecule is Cc1c(CCC(=O)NCC2(C(O)c3ccccc3)CC2)cnn1C. The van der Waals surface area contributed by atoms with Crippen LogP contribution in [-0.4, -0.2) is 27.3 Å². The molecule has 1 amide bonds. The molecule has 128 valence electrons. The molecule has 1 heterocycles. The van der Waals surface area contributed by atoms with Crippen molar-refractivity contribution >= 4 is 5.91 Å². The van der Waals surface area contributed by atoms with Gasteiger partial charge in [-0.2, -0.15) is 5.10 Å². The number of carbonyl (C=O) groups is 1. The summed E-state index contributed by atoms with van der Waals surface area (Å²) in [6, 6.07) is 9.69. The first-order valence-electron chi connectivity index (χ1n) is 8.49. The highest BCUT2D eigenvalue weighted by molar-refractivity contribution is 5.76. The molecule has 1 aliphatic rings. The van der Waals surface area contributed by atoms with Gasteiger partial charge >= 0.3 is 0 Å². The predicted octanol–water partition coefficient (Wildman–Crippen LogP) is 2.29. The first-order chi connectivity index (χ1) is 11.5. The van der Waals surface area contributed by atoms with Crippen LogP contribution in [0.5, 0.6) is 0 Å². The maximum absolute atomic E-state index is 12.1. The number of aliphatic hydroxyl groups is 1. The molecule has 1 aromatic carbocycles. The number of carbonyl (C=O) groups excluding carboxylic acids is 1. The Labute approximate surface area is 142 Å². The molecule has 1 fully saturated rings. The molecule has 1 saturated carbocycles. The van der Waals surface area contributed by atoms with E-state index in [1.54, 1.807) is 0 Å². The second-order valence-electron chi connectivity index (χ2n) is 6.83. The van der Waals surface area contributed by atoms with E-state index in [1.807, 2.05) is 55.2 Å². The number of nitrogens with one attached hydrogen (secondary N) is 1. The Morgan fingerprint density at radius 3 is 2.67 bits per heavy atom. The Morgan fingerprint density at radius 1 is 1.38 bits per heavy atom. The van der Waals surface area contributed by atoms with Crippen LogP contribution in [0.1, 0.15) is 42.2 Å². The molecule has 2 N–H and O–H groups in total. The van der Waals surface area contributed by atoms with Gasteiger partial charge in [-0.05, 0) is 37.3 Å². The van der Waals surface area contributed by atoms with Crippen LogP contribution in [0.2, 0.25) is 0 Å². The molecule has 0 aliphatic heterocycles. The van der Waals surface area contributed by atoms with Crippen molar-refractivity contribution in [3.8, 4) is 0 Å². The Balaban J connectivity index is 1.50. The van der Waals surface area contributed by atoms with Gasteiger partial charge in [-0.3, -0.25) is 9.48 Å². The molecule has 5 nitrogen and oxygen atoms in total. The summed E-state index contributed by atoms with van der Waals surface area (Å²) in [5, 5.41) is 17.8. The molecular weight excluding hydrogens is 302 g/mol. The Hall–Kier alpha value is -2.14. The molecule has 1 atom stereocenters. The van der Waals surface area contributed by atoms with E-state index in [2.05, 4.69) is 10.4 Å². The molecule has 0 spiro atoms. The molecule has 0 saturated heterocycles. The van der Waals surface area contributed by atoms with Crippen LogP contribution >= 0.6 is 0 Å². The molecule has 0 radical (unpaired) electrons. The van der Waals surface area contributed by atoms with Gasteiger partial charge in [0.15, 0.2) is 0 Å². The maximum Gasteiger partial charge on any atom is 0.220 e. The van der Waals surface area contributed by atoms with Gasteiger partial charge in [-0.15, -0.1) is 0 Å². The standard InChI is InChI=1S/C19H25N3O2/c1-14-16(12-21-22(14)2)8-9-17(23)20-13-19(10-11-19)18(24)15-6-4-3-5-7-15/h3-7,12,18,24H,8-11,13H2,1-2H3,(H,20,23). The Kier molecular flexibility index (Phi) is 4.71. The summed E-state index contributed by atoms with van der Waals surface area (Å²) in [5.74, 6) is 0.0322. The third-order valence-electron chi connectivity index (χ3n) is 5.18. The second-order valence-corrected chi connectivity index (χ2v) is 6.83. The van der Waals surface area contributed by atoms with Gasteiger partial charge in [0.25, 0.3) is 0 Å². The van der Waals surface area contributed by atoms with E-state index in [0.29, 0.717) is 19.4 Å². The van der Waals surface area contributed by atoms with Gasteiger partial charge in [0.1, 0.15) is 0 Å². The molecule has 1 aliphatic carbocycles. The predicted molar refractivity (Wildman–Crippen MR) is 92.3 cm³/mol. The summed E-state index contributed by atoms with van der Waals surface area (Å²) in [5.41, 5.74) is 2.94. The number of hydrogen-bond donors (Lipinski definition) is 2. The average molecular weight is 327 g/mol. The zero-order valence-corrected chi connectivity index (χ0v) is 14.3. The lowest BCUT2D eigenvalue weighted by Crippen LogP contribution is -2.33. The summed E-state index contributed by atoms with van der Waals surface area (Å²) >= 11 is 0. The van der Waals surface area contributed by atoms with Crippen LogP contribution in [0.3, 0.4) is 0 Å². The van der Waals surface area contributed by atoms with Crippen molar-refractivity contribution in [1.82, 2.24) is 15.1 Å². The molecule has 24 heavy (non-hydrogen) atoms. The minimum Gasteiger partial charge on any atom is -0.388 e. The number of hydrogen-bond acceptors (Lipinski definition) is 3. The van der Waals surface area contributed by atoms with E-state index in [1.165, 1.54) is 0 Å². The summed E-state index contributed by atoms with van der Waals surface area (Å²) in [6.45, 7) is 2.55. The van der Waals surface area contributed by atoms with Gasteiger partial charge in [0.05, 0.1) is 12.3 Å². The monoisotopic (exact) mass is 327 g/mol. The van der Waals surface area contributed by atoms with Gasteiger partial charge in [0.2, 0.25) is 5.91 Å². The first kappa shape index (κ1) is 16.7. The molecule has 0 bridgehead atoms. The topological polar surface area (TPSA) is 67.2 Å². The third kappa shape index (κ3) is 3.51. The maximum atomic E-state index is 12.1. The zero-order valence-electron chi connectivity index (χ0n) is 14.3. The van der Waals surface area contributed by atoms with Crippen LogP contribution in [-0.2, 0) is 18.3 Å². The minimum absolute atomic E-state index is 0.0322. The minimum atomic E-state index is -0.514. The number of benzene rings is 1. The fraction of sp³-hybridized carbons (Fsp3) is 0.474. The molecule has 5 heteroatoms. The highest BCUT2D eigenvalue weighted by Crippen LogP contribution is 2.54. The largest absolute Gasteiger partial charge is 0.388 e. The highest BCUT2D eigenvalue weighted by Gasteiger charge is 2.49. The van der Waals surface area contributed by atoms with Gasteiger partial charge < -0.3 is 10.4 Å². The van der Waals surface area contributed by atoms with Crippen molar-refractivity contribution in [3.05, 3.63) is 53.3 Å². The van der Waals surface area contributed by atoms with Crippen molar-refractivity contribution in [2.24, 2.45) is 12.5 Å². The quantitative estimate of drug-likeness (QED) is 0.820. The number of aryl methyl sites for hydroxylation is 2. The molecular formula is C19H25N3O2. The van der Waals surface area contributed by atoms with Crippen LogP contribution in [0, 0.1) is 12.3 Å². The van der Waals surface area contributed by atoms with E-state index in [-0.39, 0.29) is 11.3 Å². The van der Waals surface area contributed by atoms with E-state index in [9.17, 15) is 9.90 Å². The van der Waals surface area contributed by atoms with E-state index in [0.717, 1.165) is 29.7 Å². The van der Waals surface area contributed by atoms with Crippen molar-refractivity contribution in [1.29, 1.82) is 0 Å². The van der Waals surface area contributed by atoms with Crippen molar-refractivity contribution in [3.63, 3.8) is 0 Å². The third-order valence-corrected chi connectivity index (χ3v) is 5.18. The molecule has 1 aromatic heterocycles. The molecule has 1 unspecified atom stereocenters. The van der Waals surface area contributed by atoms with Crippen molar-refractivity contribution in [2.45, 2.75) is 38.7 Å². The molecule has 3 rings (SSSR count). The van der Waals surface area contributed by atoms with Crippen LogP contribution in [0.15, 0.2) is 36.5 Å². The van der Waals surface area contributed by atoms with Crippen LogP contribution in [0.25, 0.3) is 0 Å². The van der Waals surface area contributed by atoms with Gasteiger partial charge in [-0.1, -0.05) is 30.3 Å². The normalized spacial score (nSPS) is 16.6. The van der Waals surface area contributed by atoms with E-state index in [4.69, 9.17) is 0 Å². The van der Waals surface area contributed by atoms with Gasteiger partial charge in [0, 0.05) is 31.1 Å². The number of aromatic nitrogens is 2. The number of nitrogens with zero attached hydrogens (tertiary/aromatic N) is 2.